The van der Waals surface area contributed by atoms with E-state index in [0.717, 1.165) is 129 Å². The number of piperidine rings is 2. The van der Waals surface area contributed by atoms with Crippen LogP contribution in [0.15, 0.2) is 114 Å². The summed E-state index contributed by atoms with van der Waals surface area (Å²) in [4.78, 5) is 66.9. The van der Waals surface area contributed by atoms with E-state index >= 15 is 0 Å². The first-order valence-electron chi connectivity index (χ1n) is 28.7. The molecule has 3 amide bonds. The molecule has 0 bridgehead atoms. The molecule has 2 saturated carbocycles. The number of esters is 1. The van der Waals surface area contributed by atoms with Gasteiger partial charge in [0.2, 0.25) is 5.91 Å². The molecule has 76 heavy (non-hydrogen) atoms. The van der Waals surface area contributed by atoms with Crippen LogP contribution >= 0.6 is 0 Å². The van der Waals surface area contributed by atoms with E-state index < -0.39 is 11.5 Å². The van der Waals surface area contributed by atoms with Crippen LogP contribution in [0.2, 0.25) is 0 Å². The van der Waals surface area contributed by atoms with Gasteiger partial charge in [0, 0.05) is 68.1 Å². The van der Waals surface area contributed by atoms with E-state index in [9.17, 15) is 19.2 Å². The molecular weight excluding hydrogens is 949 g/mol. The summed E-state index contributed by atoms with van der Waals surface area (Å²) in [6.07, 6.45) is 16.2. The van der Waals surface area contributed by atoms with E-state index in [-0.39, 0.29) is 41.5 Å². The molecule has 6 aromatic rings. The standard InChI is InChI=1S/C63H78N8O5/c1-46-39-47(40-50-43-64-71(57(46)50)44-62(27-13-5-14-28-62)51-18-7-3-8-19-51)41-55(59(73)68-37-35-67(36-38-68)53-25-31-66(2)32-26-53)65-61(75)69-33-23-48(24-34-69)54-42-49-17-11-12-22-56(49)70(58(54)72)45-76-60(74)63(29-15-6-16-30-63)52-20-9-4-10-21-52/h3-4,7-12,17-22,39-40,42-43,48,53,55H,5-6,13-16,23-38,41,44-45H2,1-2H3,(H,65,75)/t55-/m1/s1. The van der Waals surface area contributed by atoms with Gasteiger partial charge in [-0.1, -0.05) is 123 Å². The Kier molecular flexibility index (Phi) is 15.5. The predicted molar refractivity (Wildman–Crippen MR) is 299 cm³/mol. The number of para-hydroxylation sites is 1. The van der Waals surface area contributed by atoms with E-state index in [4.69, 9.17) is 9.84 Å². The third kappa shape index (κ3) is 10.7. The number of hydrogen-bond acceptors (Lipinski definition) is 8. The Bertz CT molecular complexity index is 3040. The summed E-state index contributed by atoms with van der Waals surface area (Å²) < 4.78 is 10.0. The minimum absolute atomic E-state index is 0.0312. The molecule has 1 N–H and O–H groups in total. The van der Waals surface area contributed by atoms with Crippen LogP contribution in [-0.4, -0.2) is 123 Å². The van der Waals surface area contributed by atoms with Crippen molar-refractivity contribution in [2.75, 3.05) is 59.4 Å². The zero-order chi connectivity index (χ0) is 52.2. The largest absolute Gasteiger partial charge is 0.443 e. The van der Waals surface area contributed by atoms with Gasteiger partial charge in [-0.3, -0.25) is 28.5 Å². The second-order valence-corrected chi connectivity index (χ2v) is 23.2. The van der Waals surface area contributed by atoms with Crippen molar-refractivity contribution < 1.29 is 19.1 Å². The van der Waals surface area contributed by atoms with Crippen LogP contribution in [0.4, 0.5) is 4.79 Å². The van der Waals surface area contributed by atoms with E-state index in [0.29, 0.717) is 57.0 Å². The number of pyridine rings is 1. The highest BCUT2D eigenvalue weighted by Crippen LogP contribution is 2.43. The lowest BCUT2D eigenvalue weighted by atomic mass is 9.69. The fraction of sp³-hybridized carbons (Fsp3) is 0.508. The average Bonchev–Trinajstić information content (AvgIpc) is 3.87. The number of fused-ring (bicyclic) bond motifs is 2. The van der Waals surface area contributed by atoms with Crippen LogP contribution in [-0.2, 0) is 44.9 Å². The summed E-state index contributed by atoms with van der Waals surface area (Å²) in [7, 11) is 2.19. The van der Waals surface area contributed by atoms with Crippen LogP contribution in [0.1, 0.15) is 124 Å². The fourth-order valence-corrected chi connectivity index (χ4v) is 14.1. The molecule has 5 fully saturated rings. The second-order valence-electron chi connectivity index (χ2n) is 23.2. The number of ether oxygens (including phenoxy) is 1. The summed E-state index contributed by atoms with van der Waals surface area (Å²) in [5.41, 5.74) is 6.11. The Morgan fingerprint density at radius 1 is 0.697 bits per heavy atom. The highest BCUT2D eigenvalue weighted by Gasteiger charge is 2.43. The smallest absolute Gasteiger partial charge is 0.318 e. The Morgan fingerprint density at radius 3 is 2.04 bits per heavy atom. The van der Waals surface area contributed by atoms with E-state index in [1.807, 2.05) is 76.7 Å². The number of benzene rings is 4. The minimum Gasteiger partial charge on any atom is -0.443 e. The van der Waals surface area contributed by atoms with Crippen LogP contribution in [0.25, 0.3) is 21.8 Å². The van der Waals surface area contributed by atoms with Crippen LogP contribution in [0.5, 0.6) is 0 Å². The average molecular weight is 1030 g/mol. The van der Waals surface area contributed by atoms with Gasteiger partial charge in [-0.15, -0.1) is 0 Å². The molecule has 5 heterocycles. The first-order chi connectivity index (χ1) is 37.1. The SMILES string of the molecule is Cc1cc(C[C@@H](NC(=O)N2CCC(c3cc4ccccc4n(COC(=O)C4(c5ccccc5)CCCCC4)c3=O)CC2)C(=O)N2CCN(C3CCN(C)CC3)CC2)cc2cnn(CC3(c4ccccc4)CCCCC3)c12. The maximum atomic E-state index is 14.9. The van der Waals surface area contributed by atoms with Crippen molar-refractivity contribution in [1.82, 2.24) is 39.3 Å². The highest BCUT2D eigenvalue weighted by atomic mass is 16.5. The van der Waals surface area contributed by atoms with Gasteiger partial charge in [0.25, 0.3) is 5.56 Å². The summed E-state index contributed by atoms with van der Waals surface area (Å²) in [6, 6.07) is 34.6. The van der Waals surface area contributed by atoms with Gasteiger partial charge in [0.15, 0.2) is 6.73 Å². The van der Waals surface area contributed by atoms with Gasteiger partial charge in [0.1, 0.15) is 6.04 Å². The molecule has 0 radical (unpaired) electrons. The maximum Gasteiger partial charge on any atom is 0.318 e. The van der Waals surface area contributed by atoms with E-state index in [1.54, 1.807) is 4.57 Å². The van der Waals surface area contributed by atoms with Crippen LogP contribution in [0.3, 0.4) is 0 Å². The Balaban J connectivity index is 0.800. The molecule has 13 heteroatoms. The van der Waals surface area contributed by atoms with Crippen molar-refractivity contribution >= 4 is 39.7 Å². The number of aryl methyl sites for hydroxylation is 1. The first-order valence-corrected chi connectivity index (χ1v) is 28.7. The van der Waals surface area contributed by atoms with Crippen molar-refractivity contribution in [1.29, 1.82) is 0 Å². The number of carbonyl (C=O) groups excluding carboxylic acids is 3. The van der Waals surface area contributed by atoms with Crippen molar-refractivity contribution in [2.45, 2.75) is 145 Å². The molecular formula is C63H78N8O5. The summed E-state index contributed by atoms with van der Waals surface area (Å²) in [6.45, 7) is 8.78. The first kappa shape index (κ1) is 51.8. The number of likely N-dealkylation sites (tertiary alicyclic amines) is 2. The molecule has 3 saturated heterocycles. The number of hydrogen-bond donors (Lipinski definition) is 1. The zero-order valence-corrected chi connectivity index (χ0v) is 45.0. The molecule has 2 aromatic heterocycles. The number of urea groups is 1. The zero-order valence-electron chi connectivity index (χ0n) is 45.0. The van der Waals surface area contributed by atoms with Crippen molar-refractivity contribution in [3.63, 3.8) is 0 Å². The molecule has 5 aliphatic rings. The number of aromatic nitrogens is 3. The number of amides is 3. The van der Waals surface area contributed by atoms with E-state index in [2.05, 4.69) is 76.2 Å². The summed E-state index contributed by atoms with van der Waals surface area (Å²) in [5.74, 6) is -0.427. The number of rotatable bonds is 13. The van der Waals surface area contributed by atoms with Gasteiger partial charge in [-0.2, -0.15) is 5.10 Å². The quantitative estimate of drug-likeness (QED) is 0.114. The molecule has 3 aliphatic heterocycles. The number of piperazine rings is 1. The van der Waals surface area contributed by atoms with Gasteiger partial charge in [0.05, 0.1) is 29.2 Å². The van der Waals surface area contributed by atoms with Gasteiger partial charge < -0.3 is 24.8 Å². The predicted octanol–water partition coefficient (Wildman–Crippen LogP) is 9.70. The lowest BCUT2D eigenvalue weighted by Gasteiger charge is -2.43. The van der Waals surface area contributed by atoms with Crippen molar-refractivity contribution in [3.05, 3.63) is 147 Å². The molecule has 4 aromatic carbocycles. The maximum absolute atomic E-state index is 14.9. The normalized spacial score (nSPS) is 20.4. The summed E-state index contributed by atoms with van der Waals surface area (Å²) in [5, 5.41) is 10.2. The van der Waals surface area contributed by atoms with Gasteiger partial charge in [-0.25, -0.2) is 4.79 Å². The fourth-order valence-electron chi connectivity index (χ4n) is 14.1. The monoisotopic (exact) mass is 1030 g/mol. The molecule has 400 valence electrons. The minimum atomic E-state index is -0.763. The van der Waals surface area contributed by atoms with Gasteiger partial charge >= 0.3 is 12.0 Å². The van der Waals surface area contributed by atoms with Crippen LogP contribution in [0, 0.1) is 6.92 Å². The molecule has 0 spiro atoms. The lowest BCUT2D eigenvalue weighted by molar-refractivity contribution is -0.156. The number of carbonyl (C=O) groups is 3. The molecule has 11 rings (SSSR count). The second kappa shape index (κ2) is 22.7. The third-order valence-corrected chi connectivity index (χ3v) is 18.5. The van der Waals surface area contributed by atoms with Crippen molar-refractivity contribution in [3.8, 4) is 0 Å². The molecule has 0 unspecified atom stereocenters. The molecule has 1 atom stereocenters. The Hall–Kier alpha value is -6.31. The Labute approximate surface area is 448 Å². The van der Waals surface area contributed by atoms with Crippen molar-refractivity contribution in [2.24, 2.45) is 0 Å². The van der Waals surface area contributed by atoms with Gasteiger partial charge in [-0.05, 0) is 130 Å². The summed E-state index contributed by atoms with van der Waals surface area (Å²) >= 11 is 0. The Morgan fingerprint density at radius 2 is 1.34 bits per heavy atom. The number of nitrogens with one attached hydrogen (secondary N) is 1. The number of nitrogens with zero attached hydrogens (tertiary/aromatic N) is 7. The topological polar surface area (TPSA) is 125 Å². The third-order valence-electron chi connectivity index (χ3n) is 18.5. The van der Waals surface area contributed by atoms with Crippen LogP contribution < -0.4 is 10.9 Å². The molecule has 13 nitrogen and oxygen atoms in total. The molecule has 2 aliphatic carbocycles. The highest BCUT2D eigenvalue weighted by molar-refractivity contribution is 5.89. The van der Waals surface area contributed by atoms with E-state index in [1.165, 1.54) is 24.8 Å². The lowest BCUT2D eigenvalue weighted by Crippen LogP contribution is -2.59.